The third kappa shape index (κ3) is 3.30. The van der Waals surface area contributed by atoms with E-state index in [0.29, 0.717) is 11.7 Å². The number of carbonyl (C=O) groups excluding carboxylic acids is 2. The van der Waals surface area contributed by atoms with E-state index in [0.717, 1.165) is 25.0 Å². The van der Waals surface area contributed by atoms with E-state index < -0.39 is 0 Å². The van der Waals surface area contributed by atoms with Gasteiger partial charge in [-0.15, -0.1) is 0 Å². The Morgan fingerprint density at radius 3 is 3.06 bits per heavy atom. The summed E-state index contributed by atoms with van der Waals surface area (Å²) in [6, 6.07) is 0.510. The zero-order valence-electron chi connectivity index (χ0n) is 9.35. The number of fused-ring (bicyclic) bond motifs is 1. The van der Waals surface area contributed by atoms with Gasteiger partial charge in [-0.2, -0.15) is 0 Å². The Kier molecular flexibility index (Phi) is 4.59. The number of thioether (sulfide) groups is 1. The topological polar surface area (TPSA) is 67.4 Å². The molecule has 2 N–H and O–H groups in total. The molecule has 3 atom stereocenters. The molecule has 0 aromatic heterocycles. The Bertz CT molecular complexity index is 316. The summed E-state index contributed by atoms with van der Waals surface area (Å²) in [5, 5.41) is 6.36. The van der Waals surface area contributed by atoms with Gasteiger partial charge in [-0.1, -0.05) is 0 Å². The molecule has 2 aliphatic heterocycles. The monoisotopic (exact) mass is 324 g/mol. The average Bonchev–Trinajstić information content (AvgIpc) is 2.84. The van der Waals surface area contributed by atoms with Crippen LogP contribution in [0.25, 0.3) is 0 Å². The van der Waals surface area contributed by atoms with Gasteiger partial charge in [0.05, 0.1) is 0 Å². The van der Waals surface area contributed by atoms with E-state index in [9.17, 15) is 9.59 Å². The van der Waals surface area contributed by atoms with Crippen molar-refractivity contribution in [2.75, 3.05) is 5.75 Å². The molecule has 2 amide bonds. The van der Waals surface area contributed by atoms with Crippen LogP contribution in [0.1, 0.15) is 25.7 Å². The number of nitrogens with one attached hydrogen (secondary N) is 2. The van der Waals surface area contributed by atoms with Crippen LogP contribution in [0.5, 0.6) is 0 Å². The molecule has 2 saturated heterocycles. The van der Waals surface area contributed by atoms with E-state index in [4.69, 9.17) is 0 Å². The Labute approximate surface area is 113 Å². The van der Waals surface area contributed by atoms with E-state index in [1.54, 1.807) is 0 Å². The van der Waals surface area contributed by atoms with Gasteiger partial charge in [0.25, 0.3) is 0 Å². The zero-order valence-corrected chi connectivity index (χ0v) is 12.0. The third-order valence-electron chi connectivity index (χ3n) is 3.16. The number of hydrogen-bond donors (Lipinski definition) is 2. The van der Waals surface area contributed by atoms with Crippen LogP contribution in [0.2, 0.25) is 0 Å². The maximum absolute atomic E-state index is 11.2. The van der Waals surface area contributed by atoms with Gasteiger partial charge in [0.15, 0.2) is 0 Å². The van der Waals surface area contributed by atoms with Crippen molar-refractivity contribution in [2.24, 2.45) is 0 Å². The van der Waals surface area contributed by atoms with Crippen molar-refractivity contribution in [3.05, 3.63) is 0 Å². The Morgan fingerprint density at radius 2 is 2.29 bits per heavy atom. The van der Waals surface area contributed by atoms with Gasteiger partial charge in [-0.05, 0) is 0 Å². The van der Waals surface area contributed by atoms with Crippen LogP contribution >= 0.6 is 11.8 Å². The molecular formula is C10H16N2O3SSe. The van der Waals surface area contributed by atoms with Gasteiger partial charge in [0.2, 0.25) is 0 Å². The van der Waals surface area contributed by atoms with Crippen LogP contribution < -0.4 is 10.6 Å². The fourth-order valence-electron chi connectivity index (χ4n) is 2.30. The molecule has 5 nitrogen and oxygen atoms in total. The summed E-state index contributed by atoms with van der Waals surface area (Å²) < 4.78 is 4.53. The fraction of sp³-hybridized carbons (Fsp3) is 0.800. The molecule has 0 saturated carbocycles. The average molecular weight is 323 g/mol. The summed E-state index contributed by atoms with van der Waals surface area (Å²) in [5.41, 5.74) is 0. The van der Waals surface area contributed by atoms with Gasteiger partial charge >= 0.3 is 113 Å². The number of unbranched alkanes of at least 4 members (excludes halogenated alkanes) is 1. The van der Waals surface area contributed by atoms with Gasteiger partial charge in [0.1, 0.15) is 0 Å². The Morgan fingerprint density at radius 1 is 1.47 bits per heavy atom. The minimum atomic E-state index is -0.169. The van der Waals surface area contributed by atoms with Gasteiger partial charge < -0.3 is 0 Å². The number of urea groups is 1. The first kappa shape index (κ1) is 13.1. The molecule has 0 spiro atoms. The van der Waals surface area contributed by atoms with E-state index in [1.165, 1.54) is 0 Å². The molecule has 0 aliphatic carbocycles. The molecule has 2 fully saturated rings. The number of rotatable bonds is 5. The van der Waals surface area contributed by atoms with Crippen LogP contribution in [-0.2, 0) is 8.61 Å². The predicted octanol–water partition coefficient (Wildman–Crippen LogP) is 0.0712. The first-order chi connectivity index (χ1) is 8.20. The molecule has 96 valence electrons. The Hall–Kier alpha value is -0.391. The van der Waals surface area contributed by atoms with Gasteiger partial charge in [-0.3, -0.25) is 0 Å². The van der Waals surface area contributed by atoms with Crippen LogP contribution in [0.15, 0.2) is 0 Å². The number of amides is 2. The van der Waals surface area contributed by atoms with Gasteiger partial charge in [-0.25, -0.2) is 0 Å². The summed E-state index contributed by atoms with van der Waals surface area (Å²) in [6.07, 6.45) is 3.37. The van der Waals surface area contributed by atoms with Crippen LogP contribution in [0, 0.1) is 0 Å². The maximum atomic E-state index is 11.2. The second-order valence-electron chi connectivity index (χ2n) is 4.33. The second kappa shape index (κ2) is 5.98. The van der Waals surface area contributed by atoms with E-state index in [2.05, 4.69) is 14.5 Å². The molecule has 0 aromatic carbocycles. The van der Waals surface area contributed by atoms with Crippen molar-refractivity contribution in [1.29, 1.82) is 0 Å². The molecule has 2 heterocycles. The third-order valence-corrected chi connectivity index (χ3v) is 5.10. The zero-order chi connectivity index (χ0) is 12.3. The SMILES string of the molecule is O=C1N[C@H]2[C@H](CS[C@H]2CCCCC(=O)O[SeH])N1. The van der Waals surface area contributed by atoms with Crippen molar-refractivity contribution in [3.8, 4) is 0 Å². The van der Waals surface area contributed by atoms with Crippen molar-refractivity contribution in [1.82, 2.24) is 10.6 Å². The first-order valence-corrected chi connectivity index (χ1v) is 7.55. The molecule has 0 bridgehead atoms. The quantitative estimate of drug-likeness (QED) is 0.427. The van der Waals surface area contributed by atoms with Crippen LogP contribution in [0.3, 0.4) is 0 Å². The molecule has 2 rings (SSSR count). The van der Waals surface area contributed by atoms with Crippen molar-refractivity contribution >= 4 is 40.1 Å². The molecule has 2 aliphatic rings. The standard InChI is InChI=1S/C10H16N2O3SSe/c13-8(15-17)4-2-1-3-7-9-6(5-16-7)11-10(14)12-9/h6-7,9,17H,1-5H2,(H2,11,12,14)/t6-,7-,9-/m0/s1. The normalized spacial score (nSPS) is 30.6. The summed E-state index contributed by atoms with van der Waals surface area (Å²) in [7, 11) is 0. The second-order valence-corrected chi connectivity index (χ2v) is 5.99. The molecule has 0 radical (unpaired) electrons. The molecule has 0 aromatic rings. The molecule has 7 heteroatoms. The number of hydrogen-bond acceptors (Lipinski definition) is 4. The summed E-state index contributed by atoms with van der Waals surface area (Å²) >= 11 is 3.74. The summed E-state index contributed by atoms with van der Waals surface area (Å²) in [5.74, 6) is 0.820. The first-order valence-electron chi connectivity index (χ1n) is 5.73. The van der Waals surface area contributed by atoms with E-state index in [-0.39, 0.29) is 24.1 Å². The minimum absolute atomic E-state index is 0.0439. The summed E-state index contributed by atoms with van der Waals surface area (Å²) in [6.45, 7) is 0. The van der Waals surface area contributed by atoms with E-state index >= 15 is 0 Å². The van der Waals surface area contributed by atoms with Crippen molar-refractivity contribution in [3.63, 3.8) is 0 Å². The summed E-state index contributed by atoms with van der Waals surface area (Å²) in [4.78, 5) is 22.1. The predicted molar refractivity (Wildman–Crippen MR) is 67.2 cm³/mol. The number of carbonyl (C=O) groups is 2. The van der Waals surface area contributed by atoms with Crippen LogP contribution in [0.4, 0.5) is 4.79 Å². The molecular weight excluding hydrogens is 307 g/mol. The van der Waals surface area contributed by atoms with E-state index in [1.807, 2.05) is 28.1 Å². The van der Waals surface area contributed by atoms with Crippen molar-refractivity contribution < 1.29 is 13.4 Å². The van der Waals surface area contributed by atoms with Gasteiger partial charge in [0, 0.05) is 0 Å². The molecule has 0 unspecified atom stereocenters. The molecule has 17 heavy (non-hydrogen) atoms. The fourth-order valence-corrected chi connectivity index (χ4v) is 4.04. The van der Waals surface area contributed by atoms with Crippen LogP contribution in [-0.4, -0.2) is 51.4 Å². The van der Waals surface area contributed by atoms with Crippen molar-refractivity contribution in [2.45, 2.75) is 43.0 Å². The Balaban J connectivity index is 1.66.